The van der Waals surface area contributed by atoms with Crippen LogP contribution in [0.1, 0.15) is 41.3 Å². The maximum atomic E-state index is 5.61. The lowest BCUT2D eigenvalue weighted by Crippen LogP contribution is -2.26. The summed E-state index contributed by atoms with van der Waals surface area (Å²) >= 11 is 0. The molecule has 3 heterocycles. The van der Waals surface area contributed by atoms with Crippen LogP contribution in [-0.4, -0.2) is 21.0 Å². The number of nitrogens with zero attached hydrogens (tertiary/aromatic N) is 3. The van der Waals surface area contributed by atoms with Crippen LogP contribution in [0.3, 0.4) is 0 Å². The van der Waals surface area contributed by atoms with Crippen molar-refractivity contribution >= 4 is 5.69 Å². The molecule has 1 atom stereocenters. The van der Waals surface area contributed by atoms with E-state index in [1.165, 1.54) is 28.1 Å². The average molecular weight is 413 g/mol. The molecule has 0 radical (unpaired) electrons. The molecule has 5 rings (SSSR count). The van der Waals surface area contributed by atoms with E-state index < -0.39 is 0 Å². The second-order valence-electron chi connectivity index (χ2n) is 8.30. The number of aromatic nitrogens is 3. The van der Waals surface area contributed by atoms with Gasteiger partial charge in [0.15, 0.2) is 0 Å². The Balaban J connectivity index is 1.60. The molecule has 5 nitrogen and oxygen atoms in total. The molecule has 1 unspecified atom stereocenters. The molecule has 0 amide bonds. The van der Waals surface area contributed by atoms with Gasteiger partial charge in [0, 0.05) is 33.9 Å². The van der Waals surface area contributed by atoms with E-state index >= 15 is 0 Å². The number of aryl methyl sites for hydroxylation is 3. The molecule has 0 saturated carbocycles. The molecule has 1 aliphatic heterocycles. The van der Waals surface area contributed by atoms with Gasteiger partial charge in [-0.05, 0) is 83.1 Å². The predicted molar refractivity (Wildman–Crippen MR) is 125 cm³/mol. The number of rotatable bonds is 4. The highest BCUT2D eigenvalue weighted by Crippen LogP contribution is 2.40. The van der Waals surface area contributed by atoms with E-state index in [9.17, 15) is 0 Å². The first-order valence-electron chi connectivity index (χ1n) is 10.8. The Morgan fingerprint density at radius 3 is 2.48 bits per heavy atom. The molecule has 31 heavy (non-hydrogen) atoms. The first-order chi connectivity index (χ1) is 15.0. The summed E-state index contributed by atoms with van der Waals surface area (Å²) in [5, 5.41) is 8.59. The van der Waals surface area contributed by atoms with E-state index in [1.807, 2.05) is 19.1 Å². The van der Waals surface area contributed by atoms with E-state index in [0.29, 0.717) is 6.61 Å². The minimum atomic E-state index is -0.0541. The highest BCUT2D eigenvalue weighted by atomic mass is 16.5. The lowest BCUT2D eigenvalue weighted by atomic mass is 10.0. The summed E-state index contributed by atoms with van der Waals surface area (Å²) in [6.07, 6.45) is -0.0541. The van der Waals surface area contributed by atoms with Crippen LogP contribution in [0, 0.1) is 27.7 Å². The quantitative estimate of drug-likeness (QED) is 0.451. The van der Waals surface area contributed by atoms with Gasteiger partial charge in [-0.25, -0.2) is 4.68 Å². The Kier molecular flexibility index (Phi) is 4.62. The van der Waals surface area contributed by atoms with E-state index in [0.717, 1.165) is 28.5 Å². The fraction of sp³-hybridized carbons (Fsp3) is 0.269. The van der Waals surface area contributed by atoms with Gasteiger partial charge in [-0.1, -0.05) is 11.6 Å². The molecule has 4 aromatic rings. The van der Waals surface area contributed by atoms with Crippen molar-refractivity contribution in [1.82, 2.24) is 14.3 Å². The van der Waals surface area contributed by atoms with Gasteiger partial charge in [-0.15, -0.1) is 0 Å². The molecular weight excluding hydrogens is 384 g/mol. The van der Waals surface area contributed by atoms with Crippen molar-refractivity contribution in [2.45, 2.75) is 40.8 Å². The topological polar surface area (TPSA) is 44.0 Å². The third kappa shape index (κ3) is 3.21. The van der Waals surface area contributed by atoms with Gasteiger partial charge in [0.2, 0.25) is 0 Å². The Morgan fingerprint density at radius 1 is 0.968 bits per heavy atom. The number of hydrogen-bond acceptors (Lipinski definition) is 3. The molecule has 158 valence electrons. The molecule has 0 bridgehead atoms. The lowest BCUT2D eigenvalue weighted by molar-refractivity contribution is 0.340. The zero-order chi connectivity index (χ0) is 21.7. The van der Waals surface area contributed by atoms with Crippen LogP contribution >= 0.6 is 0 Å². The molecule has 0 saturated heterocycles. The second-order valence-corrected chi connectivity index (χ2v) is 8.30. The fourth-order valence-corrected chi connectivity index (χ4v) is 4.65. The van der Waals surface area contributed by atoms with Gasteiger partial charge in [-0.2, -0.15) is 5.10 Å². The Labute approximate surface area is 183 Å². The Hall–Kier alpha value is -3.47. The summed E-state index contributed by atoms with van der Waals surface area (Å²) in [4.78, 5) is 0. The van der Waals surface area contributed by atoms with E-state index in [4.69, 9.17) is 9.84 Å². The SMILES string of the molecule is CCOc1ccc(-n2c(C)cc(C3Nc4ccc(C)cc4-c4cc(C)nn43)c2C)cc1. The maximum Gasteiger partial charge on any atom is 0.149 e. The van der Waals surface area contributed by atoms with Gasteiger partial charge >= 0.3 is 0 Å². The van der Waals surface area contributed by atoms with Crippen LogP contribution in [0.25, 0.3) is 16.9 Å². The average Bonchev–Trinajstić information content (AvgIpc) is 3.28. The van der Waals surface area contributed by atoms with E-state index in [2.05, 4.69) is 84.7 Å². The first-order valence-corrected chi connectivity index (χ1v) is 10.8. The standard InChI is InChI=1S/C26H28N4O/c1-6-31-21-10-8-20(9-11-21)29-18(4)15-22(19(29)5)26-27-24-12-7-16(2)13-23(24)25-14-17(3)28-30(25)26/h7-15,26-27H,6H2,1-5H3. The van der Waals surface area contributed by atoms with Crippen molar-refractivity contribution in [3.63, 3.8) is 0 Å². The van der Waals surface area contributed by atoms with E-state index in [-0.39, 0.29) is 6.17 Å². The zero-order valence-corrected chi connectivity index (χ0v) is 18.7. The van der Waals surface area contributed by atoms with Crippen LogP contribution < -0.4 is 10.1 Å². The molecule has 5 heteroatoms. The summed E-state index contributed by atoms with van der Waals surface area (Å²) in [5.74, 6) is 0.895. The van der Waals surface area contributed by atoms with Crippen molar-refractivity contribution in [3.8, 4) is 22.7 Å². The second kappa shape index (κ2) is 7.34. The van der Waals surface area contributed by atoms with Crippen molar-refractivity contribution < 1.29 is 4.74 Å². The lowest BCUT2D eigenvalue weighted by Gasteiger charge is -2.29. The third-order valence-corrected chi connectivity index (χ3v) is 6.02. The van der Waals surface area contributed by atoms with Gasteiger partial charge in [-0.3, -0.25) is 0 Å². The van der Waals surface area contributed by atoms with Gasteiger partial charge in [0.05, 0.1) is 18.0 Å². The highest BCUT2D eigenvalue weighted by molar-refractivity contribution is 5.79. The van der Waals surface area contributed by atoms with Crippen molar-refractivity contribution in [3.05, 3.63) is 82.8 Å². The summed E-state index contributed by atoms with van der Waals surface area (Å²) < 4.78 is 10.0. The number of hydrogen-bond donors (Lipinski definition) is 1. The number of nitrogens with one attached hydrogen (secondary N) is 1. The molecule has 1 aliphatic rings. The third-order valence-electron chi connectivity index (χ3n) is 6.02. The number of benzene rings is 2. The molecule has 1 N–H and O–H groups in total. The number of anilines is 1. The van der Waals surface area contributed by atoms with Crippen LogP contribution in [-0.2, 0) is 0 Å². The Bertz CT molecular complexity index is 1260. The minimum Gasteiger partial charge on any atom is -0.494 e. The van der Waals surface area contributed by atoms with Crippen molar-refractivity contribution in [2.24, 2.45) is 0 Å². The molecule has 0 fully saturated rings. The minimum absolute atomic E-state index is 0.0541. The largest absolute Gasteiger partial charge is 0.494 e. The summed E-state index contributed by atoms with van der Waals surface area (Å²) in [7, 11) is 0. The fourth-order valence-electron chi connectivity index (χ4n) is 4.65. The van der Waals surface area contributed by atoms with Crippen molar-refractivity contribution in [1.29, 1.82) is 0 Å². The van der Waals surface area contributed by atoms with Crippen LogP contribution in [0.15, 0.2) is 54.6 Å². The van der Waals surface area contributed by atoms with Gasteiger partial charge in [0.1, 0.15) is 11.9 Å². The maximum absolute atomic E-state index is 5.61. The van der Waals surface area contributed by atoms with Crippen LogP contribution in [0.5, 0.6) is 5.75 Å². The normalized spacial score (nSPS) is 14.7. The monoisotopic (exact) mass is 412 g/mol. The Morgan fingerprint density at radius 2 is 1.74 bits per heavy atom. The van der Waals surface area contributed by atoms with Gasteiger partial charge in [0.25, 0.3) is 0 Å². The highest BCUT2D eigenvalue weighted by Gasteiger charge is 2.29. The summed E-state index contributed by atoms with van der Waals surface area (Å²) in [6, 6.07) is 19.3. The first kappa shape index (κ1) is 19.5. The predicted octanol–water partition coefficient (Wildman–Crippen LogP) is 5.95. The zero-order valence-electron chi connectivity index (χ0n) is 18.7. The molecule has 2 aromatic heterocycles. The van der Waals surface area contributed by atoms with Crippen LogP contribution in [0.4, 0.5) is 5.69 Å². The number of fused-ring (bicyclic) bond motifs is 3. The van der Waals surface area contributed by atoms with Crippen LogP contribution in [0.2, 0.25) is 0 Å². The molecule has 2 aromatic carbocycles. The number of ether oxygens (including phenoxy) is 1. The smallest absolute Gasteiger partial charge is 0.149 e. The van der Waals surface area contributed by atoms with Gasteiger partial charge < -0.3 is 14.6 Å². The molecule has 0 spiro atoms. The summed E-state index contributed by atoms with van der Waals surface area (Å²) in [6.45, 7) is 11.2. The van der Waals surface area contributed by atoms with Crippen molar-refractivity contribution in [2.75, 3.05) is 11.9 Å². The summed E-state index contributed by atoms with van der Waals surface area (Å²) in [5.41, 5.74) is 10.5. The molecular formula is C26H28N4O. The molecule has 0 aliphatic carbocycles. The van der Waals surface area contributed by atoms with E-state index in [1.54, 1.807) is 0 Å².